The molecule has 136 valence electrons. The van der Waals surface area contributed by atoms with E-state index in [2.05, 4.69) is 15.4 Å². The molecule has 0 radical (unpaired) electrons. The molecule has 1 aliphatic carbocycles. The molecule has 8 nitrogen and oxygen atoms in total. The summed E-state index contributed by atoms with van der Waals surface area (Å²) in [6, 6.07) is 0.537. The van der Waals surface area contributed by atoms with Crippen LogP contribution in [0.2, 0.25) is 0 Å². The number of carbonyl (C=O) groups excluding carboxylic acids is 1. The summed E-state index contributed by atoms with van der Waals surface area (Å²) in [4.78, 5) is 16.5. The van der Waals surface area contributed by atoms with Gasteiger partial charge >= 0.3 is 6.09 Å². The maximum Gasteiger partial charge on any atom is 0.410 e. The highest BCUT2D eigenvalue weighted by Crippen LogP contribution is 2.33. The first-order valence-corrected chi connectivity index (χ1v) is 8.78. The first-order valence-electron chi connectivity index (χ1n) is 8.78. The Morgan fingerprint density at radius 2 is 1.79 bits per heavy atom. The lowest BCUT2D eigenvalue weighted by Crippen LogP contribution is -2.52. The van der Waals surface area contributed by atoms with Crippen LogP contribution in [0.15, 0.2) is 15.4 Å². The molecule has 8 heteroatoms. The third-order valence-corrected chi connectivity index (χ3v) is 4.08. The van der Waals surface area contributed by atoms with Gasteiger partial charge in [-0.3, -0.25) is 0 Å². The number of hydrogen-bond acceptors (Lipinski definition) is 4. The smallest absolute Gasteiger partial charge is 0.410 e. The first-order chi connectivity index (χ1) is 11.3. The van der Waals surface area contributed by atoms with E-state index in [9.17, 15) is 4.79 Å². The lowest BCUT2D eigenvalue weighted by molar-refractivity contribution is 0.00828. The van der Waals surface area contributed by atoms with Gasteiger partial charge in [0.1, 0.15) is 5.60 Å². The van der Waals surface area contributed by atoms with Crippen molar-refractivity contribution in [2.75, 3.05) is 19.6 Å². The fraction of sp³-hybridized carbons (Fsp3) is 0.875. The Labute approximate surface area is 144 Å². The number of carbonyl (C=O) groups is 1. The lowest BCUT2D eigenvalue weighted by Gasteiger charge is -2.39. The Morgan fingerprint density at radius 3 is 2.29 bits per heavy atom. The Kier molecular flexibility index (Phi) is 6.01. The molecule has 0 aromatic heterocycles. The largest absolute Gasteiger partial charge is 0.444 e. The summed E-state index contributed by atoms with van der Waals surface area (Å²) in [7, 11) is 0. The molecule has 1 saturated carbocycles. The van der Waals surface area contributed by atoms with E-state index in [1.165, 1.54) is 0 Å². The summed E-state index contributed by atoms with van der Waals surface area (Å²) in [6.45, 7) is 9.71. The zero-order valence-electron chi connectivity index (χ0n) is 15.2. The Balaban J connectivity index is 1.92. The summed E-state index contributed by atoms with van der Waals surface area (Å²) in [5, 5.41) is 11.4. The van der Waals surface area contributed by atoms with Crippen molar-refractivity contribution in [3.63, 3.8) is 0 Å². The van der Waals surface area contributed by atoms with Gasteiger partial charge in [0.2, 0.25) is 5.96 Å². The highest BCUT2D eigenvalue weighted by molar-refractivity contribution is 5.78. The molecular weight excluding hydrogens is 308 g/mol. The van der Waals surface area contributed by atoms with Crippen LogP contribution in [0.25, 0.3) is 0 Å². The summed E-state index contributed by atoms with van der Waals surface area (Å²) in [5.41, 5.74) is 5.48. The van der Waals surface area contributed by atoms with Crippen LogP contribution in [0.5, 0.6) is 0 Å². The number of nitrogens with two attached hydrogens (primary N) is 1. The second kappa shape index (κ2) is 7.81. The quantitative estimate of drug-likeness (QED) is 0.369. The normalized spacial score (nSPS) is 20.5. The zero-order valence-corrected chi connectivity index (χ0v) is 15.2. The molecule has 0 bridgehead atoms. The molecule has 1 aliphatic heterocycles. The van der Waals surface area contributed by atoms with Gasteiger partial charge < -0.3 is 20.3 Å². The SMILES string of the molecule is CCN=N/N=C(\N)N1CCC(N(C(=O)OC(C)(C)C)C2CC2)CC1. The van der Waals surface area contributed by atoms with Gasteiger partial charge in [-0.1, -0.05) is 5.10 Å². The van der Waals surface area contributed by atoms with Crippen molar-refractivity contribution >= 4 is 12.1 Å². The van der Waals surface area contributed by atoms with Gasteiger partial charge in [0.15, 0.2) is 0 Å². The maximum atomic E-state index is 12.5. The zero-order chi connectivity index (χ0) is 17.7. The van der Waals surface area contributed by atoms with Crippen molar-refractivity contribution in [3.05, 3.63) is 0 Å². The molecule has 2 fully saturated rings. The van der Waals surface area contributed by atoms with E-state index in [1.54, 1.807) is 0 Å². The topological polar surface area (TPSA) is 95.9 Å². The van der Waals surface area contributed by atoms with Gasteiger partial charge in [0, 0.05) is 25.2 Å². The molecule has 2 rings (SSSR count). The van der Waals surface area contributed by atoms with Crippen LogP contribution >= 0.6 is 0 Å². The number of ether oxygens (including phenoxy) is 1. The van der Waals surface area contributed by atoms with Crippen molar-refractivity contribution in [1.82, 2.24) is 9.80 Å². The van der Waals surface area contributed by atoms with Crippen LogP contribution in [-0.4, -0.2) is 59.2 Å². The summed E-state index contributed by atoms with van der Waals surface area (Å²) < 4.78 is 5.59. The number of hydrogen-bond donors (Lipinski definition) is 1. The maximum absolute atomic E-state index is 12.5. The van der Waals surface area contributed by atoms with Crippen LogP contribution in [-0.2, 0) is 4.74 Å². The molecule has 0 atom stereocenters. The molecule has 2 aliphatic rings. The standard InChI is InChI=1S/C16H30N6O2/c1-5-18-20-19-14(17)21-10-8-13(9-11-21)22(12-6-7-12)15(23)24-16(2,3)4/h12-13H,5-11H2,1-4H3,(H2,17,18,19). The van der Waals surface area contributed by atoms with Crippen LogP contribution < -0.4 is 5.73 Å². The molecule has 0 aromatic carbocycles. The molecule has 1 amide bonds. The number of guanidine groups is 1. The first kappa shape index (κ1) is 18.5. The minimum Gasteiger partial charge on any atom is -0.444 e. The number of amides is 1. The minimum absolute atomic E-state index is 0.193. The number of piperidine rings is 1. The summed E-state index contributed by atoms with van der Waals surface area (Å²) in [6.07, 6.45) is 3.66. The summed E-state index contributed by atoms with van der Waals surface area (Å²) >= 11 is 0. The highest BCUT2D eigenvalue weighted by atomic mass is 16.6. The average molecular weight is 338 g/mol. The predicted octanol–water partition coefficient (Wildman–Crippen LogP) is 2.55. The van der Waals surface area contributed by atoms with Gasteiger partial charge in [-0.25, -0.2) is 4.79 Å². The molecule has 1 heterocycles. The number of likely N-dealkylation sites (tertiary alicyclic amines) is 1. The van der Waals surface area contributed by atoms with Gasteiger partial charge in [-0.15, -0.1) is 0 Å². The predicted molar refractivity (Wildman–Crippen MR) is 92.7 cm³/mol. The van der Waals surface area contributed by atoms with Gasteiger partial charge in [-0.2, -0.15) is 5.11 Å². The van der Waals surface area contributed by atoms with Gasteiger partial charge in [0.05, 0.1) is 6.54 Å². The Hall–Kier alpha value is -1.86. The summed E-state index contributed by atoms with van der Waals surface area (Å²) in [5.74, 6) is 0.390. The van der Waals surface area contributed by atoms with Crippen LogP contribution in [0.1, 0.15) is 53.4 Å². The Bertz CT molecular complexity index is 487. The van der Waals surface area contributed by atoms with Crippen LogP contribution in [0.4, 0.5) is 4.79 Å². The van der Waals surface area contributed by atoms with Crippen molar-refractivity contribution < 1.29 is 9.53 Å². The minimum atomic E-state index is -0.466. The Morgan fingerprint density at radius 1 is 1.21 bits per heavy atom. The van der Waals surface area contributed by atoms with E-state index >= 15 is 0 Å². The monoisotopic (exact) mass is 338 g/mol. The second-order valence-electron chi connectivity index (χ2n) is 7.34. The highest BCUT2D eigenvalue weighted by Gasteiger charge is 2.40. The third kappa shape index (κ3) is 5.35. The molecule has 2 N–H and O–H groups in total. The number of nitrogens with zero attached hydrogens (tertiary/aromatic N) is 5. The molecule has 0 spiro atoms. The molecule has 0 aromatic rings. The van der Waals surface area contributed by atoms with Crippen molar-refractivity contribution in [2.45, 2.75) is 71.1 Å². The van der Waals surface area contributed by atoms with E-state index in [0.717, 1.165) is 38.8 Å². The van der Waals surface area contributed by atoms with Gasteiger partial charge in [-0.05, 0) is 58.6 Å². The fourth-order valence-corrected chi connectivity index (χ4v) is 2.84. The van der Waals surface area contributed by atoms with Crippen molar-refractivity contribution in [1.29, 1.82) is 0 Å². The molecule has 1 saturated heterocycles. The van der Waals surface area contributed by atoms with Crippen molar-refractivity contribution in [2.24, 2.45) is 21.2 Å². The lowest BCUT2D eigenvalue weighted by atomic mass is 10.0. The van der Waals surface area contributed by atoms with E-state index in [1.807, 2.05) is 37.5 Å². The molecule has 0 unspecified atom stereocenters. The van der Waals surface area contributed by atoms with E-state index in [0.29, 0.717) is 18.5 Å². The second-order valence-corrected chi connectivity index (χ2v) is 7.34. The molecule has 24 heavy (non-hydrogen) atoms. The van der Waals surface area contributed by atoms with Crippen molar-refractivity contribution in [3.8, 4) is 0 Å². The van der Waals surface area contributed by atoms with E-state index in [-0.39, 0.29) is 12.1 Å². The fourth-order valence-electron chi connectivity index (χ4n) is 2.84. The van der Waals surface area contributed by atoms with E-state index in [4.69, 9.17) is 10.5 Å². The molecular formula is C16H30N6O2. The van der Waals surface area contributed by atoms with Gasteiger partial charge in [0.25, 0.3) is 0 Å². The number of rotatable bonds is 4. The van der Waals surface area contributed by atoms with Crippen LogP contribution in [0, 0.1) is 0 Å². The van der Waals surface area contributed by atoms with Crippen LogP contribution in [0.3, 0.4) is 0 Å². The average Bonchev–Trinajstić information content (AvgIpc) is 3.31. The van der Waals surface area contributed by atoms with E-state index < -0.39 is 5.60 Å². The third-order valence-electron chi connectivity index (χ3n) is 4.08.